The number of amides is 1. The van der Waals surface area contributed by atoms with Crippen LogP contribution in [0.1, 0.15) is 52.9 Å². The minimum atomic E-state index is -0.0913. The summed E-state index contributed by atoms with van der Waals surface area (Å²) >= 11 is 0. The average molecular weight is 239 g/mol. The highest BCUT2D eigenvalue weighted by Crippen LogP contribution is 2.29. The van der Waals surface area contributed by atoms with Crippen molar-refractivity contribution in [3.05, 3.63) is 0 Å². The summed E-state index contributed by atoms with van der Waals surface area (Å²) in [4.78, 5) is 24.9. The monoisotopic (exact) mass is 239 g/mol. The molecule has 0 radical (unpaired) electrons. The Hall–Kier alpha value is -0.860. The number of carbonyl (C=O) groups is 2. The lowest BCUT2D eigenvalue weighted by Gasteiger charge is -2.39. The summed E-state index contributed by atoms with van der Waals surface area (Å²) in [7, 11) is 0. The molecule has 1 atom stereocenters. The quantitative estimate of drug-likeness (QED) is 0.692. The van der Waals surface area contributed by atoms with E-state index in [-0.39, 0.29) is 17.2 Å². The lowest BCUT2D eigenvalue weighted by atomic mass is 9.83. The van der Waals surface area contributed by atoms with Gasteiger partial charge in [-0.3, -0.25) is 4.79 Å². The van der Waals surface area contributed by atoms with Gasteiger partial charge in [0.25, 0.3) is 0 Å². The molecule has 17 heavy (non-hydrogen) atoms. The van der Waals surface area contributed by atoms with E-state index < -0.39 is 0 Å². The van der Waals surface area contributed by atoms with Crippen LogP contribution in [0.4, 0.5) is 0 Å². The van der Waals surface area contributed by atoms with Gasteiger partial charge in [0, 0.05) is 25.4 Å². The maximum atomic E-state index is 12.3. The molecular weight excluding hydrogens is 214 g/mol. The van der Waals surface area contributed by atoms with Gasteiger partial charge in [-0.15, -0.1) is 0 Å². The Kier molecular flexibility index (Phi) is 5.16. The fraction of sp³-hybridized carbons (Fsp3) is 0.857. The summed E-state index contributed by atoms with van der Waals surface area (Å²) in [5, 5.41) is 0. The van der Waals surface area contributed by atoms with Crippen molar-refractivity contribution in [3.63, 3.8) is 0 Å². The van der Waals surface area contributed by atoms with Crippen LogP contribution in [0, 0.1) is 11.3 Å². The van der Waals surface area contributed by atoms with Gasteiger partial charge in [0.2, 0.25) is 5.91 Å². The third kappa shape index (κ3) is 4.14. The van der Waals surface area contributed by atoms with E-state index >= 15 is 0 Å². The van der Waals surface area contributed by atoms with Gasteiger partial charge < -0.3 is 9.69 Å². The van der Waals surface area contributed by atoms with E-state index in [9.17, 15) is 9.59 Å². The van der Waals surface area contributed by atoms with E-state index in [1.165, 1.54) is 6.42 Å². The number of piperidine rings is 1. The predicted octanol–water partition coefficient (Wildman–Crippen LogP) is 2.64. The van der Waals surface area contributed by atoms with Crippen molar-refractivity contribution in [2.45, 2.75) is 52.9 Å². The van der Waals surface area contributed by atoms with E-state index in [0.717, 1.165) is 38.6 Å². The van der Waals surface area contributed by atoms with Crippen molar-refractivity contribution in [1.29, 1.82) is 0 Å². The Bertz CT molecular complexity index is 273. The van der Waals surface area contributed by atoms with Crippen LogP contribution in [0.25, 0.3) is 0 Å². The lowest BCUT2D eigenvalue weighted by molar-refractivity contribution is -0.140. The van der Waals surface area contributed by atoms with E-state index in [4.69, 9.17) is 0 Å². The SMILES string of the molecule is CCCC(CC=O)C(=O)N1CCCC(C)(C)C1. The summed E-state index contributed by atoms with van der Waals surface area (Å²) in [5.41, 5.74) is 0.228. The molecule has 0 aromatic carbocycles. The van der Waals surface area contributed by atoms with Crippen LogP contribution in [-0.2, 0) is 9.59 Å². The van der Waals surface area contributed by atoms with E-state index in [1.807, 2.05) is 4.90 Å². The highest BCUT2D eigenvalue weighted by Gasteiger charge is 2.31. The van der Waals surface area contributed by atoms with E-state index in [1.54, 1.807) is 0 Å². The van der Waals surface area contributed by atoms with E-state index in [2.05, 4.69) is 20.8 Å². The second-order valence-corrected chi connectivity index (χ2v) is 5.92. The van der Waals surface area contributed by atoms with Crippen molar-refractivity contribution in [2.75, 3.05) is 13.1 Å². The molecule has 0 saturated carbocycles. The van der Waals surface area contributed by atoms with Crippen molar-refractivity contribution >= 4 is 12.2 Å². The molecule has 98 valence electrons. The first-order valence-electron chi connectivity index (χ1n) is 6.72. The molecule has 1 unspecified atom stereocenters. The van der Waals surface area contributed by atoms with Gasteiger partial charge in [-0.05, 0) is 24.7 Å². The molecule has 0 spiro atoms. The van der Waals surface area contributed by atoms with Gasteiger partial charge in [0.15, 0.2) is 0 Å². The zero-order valence-electron chi connectivity index (χ0n) is 11.4. The maximum Gasteiger partial charge on any atom is 0.226 e. The number of likely N-dealkylation sites (tertiary alicyclic amines) is 1. The highest BCUT2D eigenvalue weighted by atomic mass is 16.2. The lowest BCUT2D eigenvalue weighted by Crippen LogP contribution is -2.46. The zero-order valence-corrected chi connectivity index (χ0v) is 11.4. The second kappa shape index (κ2) is 6.18. The van der Waals surface area contributed by atoms with Crippen molar-refractivity contribution in [1.82, 2.24) is 4.90 Å². The Morgan fingerprint density at radius 1 is 1.47 bits per heavy atom. The molecule has 0 aliphatic carbocycles. The standard InChI is InChI=1S/C14H25NO2/c1-4-6-12(7-10-16)13(17)15-9-5-8-14(2,3)11-15/h10,12H,4-9,11H2,1-3H3. The number of rotatable bonds is 5. The first-order chi connectivity index (χ1) is 8.00. The Labute approximate surface area is 105 Å². The molecule has 1 aliphatic heterocycles. The first-order valence-corrected chi connectivity index (χ1v) is 6.72. The van der Waals surface area contributed by atoms with Crippen LogP contribution >= 0.6 is 0 Å². The van der Waals surface area contributed by atoms with Crippen LogP contribution in [0.5, 0.6) is 0 Å². The van der Waals surface area contributed by atoms with Crippen molar-refractivity contribution < 1.29 is 9.59 Å². The second-order valence-electron chi connectivity index (χ2n) is 5.92. The van der Waals surface area contributed by atoms with Gasteiger partial charge in [-0.2, -0.15) is 0 Å². The molecule has 0 aromatic rings. The van der Waals surface area contributed by atoms with Crippen LogP contribution < -0.4 is 0 Å². The Balaban J connectivity index is 2.62. The molecule has 1 fully saturated rings. The molecule has 0 aromatic heterocycles. The predicted molar refractivity (Wildman–Crippen MR) is 68.7 cm³/mol. The number of aldehydes is 1. The van der Waals surface area contributed by atoms with Crippen LogP contribution in [0.2, 0.25) is 0 Å². The molecule has 0 N–H and O–H groups in total. The first kappa shape index (κ1) is 14.2. The largest absolute Gasteiger partial charge is 0.342 e. The fourth-order valence-corrected chi connectivity index (χ4v) is 2.68. The summed E-state index contributed by atoms with van der Waals surface area (Å²) < 4.78 is 0. The van der Waals surface area contributed by atoms with Crippen LogP contribution in [0.15, 0.2) is 0 Å². The molecule has 1 rings (SSSR count). The molecule has 3 heteroatoms. The zero-order chi connectivity index (χ0) is 12.9. The Morgan fingerprint density at radius 3 is 2.71 bits per heavy atom. The summed E-state index contributed by atoms with van der Waals surface area (Å²) in [5.74, 6) is 0.0955. The van der Waals surface area contributed by atoms with Gasteiger partial charge >= 0.3 is 0 Å². The van der Waals surface area contributed by atoms with Crippen LogP contribution in [0.3, 0.4) is 0 Å². The number of hydrogen-bond donors (Lipinski definition) is 0. The van der Waals surface area contributed by atoms with Crippen LogP contribution in [-0.4, -0.2) is 30.2 Å². The van der Waals surface area contributed by atoms with Gasteiger partial charge in [0.05, 0.1) is 0 Å². The van der Waals surface area contributed by atoms with Crippen molar-refractivity contribution in [2.24, 2.45) is 11.3 Å². The third-order valence-corrected chi connectivity index (χ3v) is 3.58. The molecule has 1 saturated heterocycles. The number of nitrogens with zero attached hydrogens (tertiary/aromatic N) is 1. The normalized spacial score (nSPS) is 21.0. The molecule has 1 aliphatic rings. The van der Waals surface area contributed by atoms with Gasteiger partial charge in [-0.25, -0.2) is 0 Å². The minimum Gasteiger partial charge on any atom is -0.342 e. The van der Waals surface area contributed by atoms with Gasteiger partial charge in [-0.1, -0.05) is 27.2 Å². The fourth-order valence-electron chi connectivity index (χ4n) is 2.68. The average Bonchev–Trinajstić information content (AvgIpc) is 2.26. The number of hydrogen-bond acceptors (Lipinski definition) is 2. The van der Waals surface area contributed by atoms with Gasteiger partial charge in [0.1, 0.15) is 6.29 Å². The molecular formula is C14H25NO2. The maximum absolute atomic E-state index is 12.3. The van der Waals surface area contributed by atoms with Crippen molar-refractivity contribution in [3.8, 4) is 0 Å². The summed E-state index contributed by atoms with van der Waals surface area (Å²) in [6, 6.07) is 0. The minimum absolute atomic E-state index is 0.0913. The highest BCUT2D eigenvalue weighted by molar-refractivity contribution is 5.81. The summed E-state index contributed by atoms with van der Waals surface area (Å²) in [6.07, 6.45) is 5.31. The molecule has 3 nitrogen and oxygen atoms in total. The third-order valence-electron chi connectivity index (χ3n) is 3.58. The molecule has 1 heterocycles. The molecule has 1 amide bonds. The topological polar surface area (TPSA) is 37.4 Å². The Morgan fingerprint density at radius 2 is 2.18 bits per heavy atom. The smallest absolute Gasteiger partial charge is 0.226 e. The summed E-state index contributed by atoms with van der Waals surface area (Å²) in [6.45, 7) is 8.18. The van der Waals surface area contributed by atoms with E-state index in [0.29, 0.717) is 6.42 Å². The number of carbonyl (C=O) groups excluding carboxylic acids is 2. The molecule has 0 bridgehead atoms.